The van der Waals surface area contributed by atoms with E-state index in [0.717, 1.165) is 6.42 Å². The molecule has 0 saturated carbocycles. The molecule has 2 amide bonds. The molecule has 2 saturated heterocycles. The molecule has 2 aliphatic rings. The number of nitrogens with one attached hydrogen (secondary N) is 1. The first kappa shape index (κ1) is 19.0. The highest BCUT2D eigenvalue weighted by atomic mass is 16.6. The van der Waals surface area contributed by atoms with Crippen molar-refractivity contribution in [1.82, 2.24) is 10.2 Å². The number of urea groups is 1. The molecule has 8 heteroatoms. The van der Waals surface area contributed by atoms with Crippen molar-refractivity contribution in [1.29, 1.82) is 0 Å². The number of methoxy groups -OCH3 is 1. The minimum atomic E-state index is -0.717. The van der Waals surface area contributed by atoms with Crippen molar-refractivity contribution in [3.63, 3.8) is 0 Å². The van der Waals surface area contributed by atoms with Gasteiger partial charge in [-0.2, -0.15) is 0 Å². The summed E-state index contributed by atoms with van der Waals surface area (Å²) >= 11 is 0. The number of hydrogen-bond acceptors (Lipinski definition) is 6. The van der Waals surface area contributed by atoms with Gasteiger partial charge >= 0.3 is 12.0 Å². The van der Waals surface area contributed by atoms with E-state index in [1.807, 2.05) is 6.92 Å². The van der Waals surface area contributed by atoms with Gasteiger partial charge in [0, 0.05) is 6.54 Å². The lowest BCUT2D eigenvalue weighted by molar-refractivity contribution is -0.159. The second-order valence-corrected chi connectivity index (χ2v) is 6.30. The lowest BCUT2D eigenvalue weighted by Crippen LogP contribution is -2.59. The summed E-state index contributed by atoms with van der Waals surface area (Å²) in [5.74, 6) is -0.307. The highest BCUT2D eigenvalue weighted by Gasteiger charge is 2.40. The highest BCUT2D eigenvalue weighted by molar-refractivity contribution is 5.74. The molecule has 4 atom stereocenters. The van der Waals surface area contributed by atoms with Crippen molar-refractivity contribution < 1.29 is 28.9 Å². The van der Waals surface area contributed by atoms with Crippen LogP contribution in [0, 0.1) is 0 Å². The van der Waals surface area contributed by atoms with Gasteiger partial charge in [0.2, 0.25) is 0 Å². The van der Waals surface area contributed by atoms with Crippen molar-refractivity contribution >= 4 is 12.0 Å². The molecule has 2 N–H and O–H groups in total. The first-order valence-corrected chi connectivity index (χ1v) is 8.57. The Kier molecular flexibility index (Phi) is 7.26. The molecule has 0 unspecified atom stereocenters. The van der Waals surface area contributed by atoms with E-state index in [1.54, 1.807) is 4.90 Å². The fraction of sp³-hybridized carbons (Fsp3) is 0.875. The lowest BCUT2D eigenvalue weighted by Gasteiger charge is -2.44. The van der Waals surface area contributed by atoms with Crippen molar-refractivity contribution in [2.45, 2.75) is 57.0 Å². The maximum atomic E-state index is 12.5. The second-order valence-electron chi connectivity index (χ2n) is 6.30. The van der Waals surface area contributed by atoms with Crippen LogP contribution in [0.5, 0.6) is 0 Å². The van der Waals surface area contributed by atoms with E-state index < -0.39 is 6.10 Å². The van der Waals surface area contributed by atoms with E-state index in [-0.39, 0.29) is 56.4 Å². The summed E-state index contributed by atoms with van der Waals surface area (Å²) in [6.45, 7) is 3.23. The number of carbonyl (C=O) groups is 2. The molecule has 2 rings (SSSR count). The van der Waals surface area contributed by atoms with Crippen LogP contribution in [0.2, 0.25) is 0 Å². The van der Waals surface area contributed by atoms with Gasteiger partial charge in [-0.15, -0.1) is 0 Å². The van der Waals surface area contributed by atoms with Crippen LogP contribution in [-0.4, -0.2) is 79.8 Å². The molecule has 2 heterocycles. The zero-order chi connectivity index (χ0) is 17.5. The first-order chi connectivity index (χ1) is 11.5. The van der Waals surface area contributed by atoms with Crippen LogP contribution >= 0.6 is 0 Å². The fourth-order valence-corrected chi connectivity index (χ4v) is 3.18. The summed E-state index contributed by atoms with van der Waals surface area (Å²) in [7, 11) is 1.36. The number of hydrogen-bond donors (Lipinski definition) is 2. The SMILES string of the molecule is CCCNC(=O)N1C[C@@H](O)COC[C@H]2O[C@H](CC(=O)OC)CC[C@@H]21. The molecular weight excluding hydrogens is 316 g/mol. The Balaban J connectivity index is 2.05. The molecular formula is C16H28N2O6. The largest absolute Gasteiger partial charge is 0.469 e. The van der Waals surface area contributed by atoms with E-state index in [9.17, 15) is 14.7 Å². The van der Waals surface area contributed by atoms with Gasteiger partial charge in [-0.05, 0) is 19.3 Å². The molecule has 2 fully saturated rings. The quantitative estimate of drug-likeness (QED) is 0.711. The predicted molar refractivity (Wildman–Crippen MR) is 85.5 cm³/mol. The van der Waals surface area contributed by atoms with Gasteiger partial charge in [0.1, 0.15) is 6.10 Å². The number of aliphatic hydroxyl groups excluding tert-OH is 1. The number of carbonyl (C=O) groups excluding carboxylic acids is 2. The van der Waals surface area contributed by atoms with Crippen LogP contribution in [0.15, 0.2) is 0 Å². The molecule has 0 bridgehead atoms. The summed E-state index contributed by atoms with van der Waals surface area (Å²) in [5.41, 5.74) is 0. The van der Waals surface area contributed by atoms with E-state index in [1.165, 1.54) is 7.11 Å². The van der Waals surface area contributed by atoms with E-state index in [4.69, 9.17) is 14.2 Å². The Hall–Kier alpha value is -1.38. The molecule has 138 valence electrons. The topological polar surface area (TPSA) is 97.3 Å². The van der Waals surface area contributed by atoms with Crippen molar-refractivity contribution in [3.05, 3.63) is 0 Å². The van der Waals surface area contributed by atoms with E-state index in [0.29, 0.717) is 19.4 Å². The van der Waals surface area contributed by atoms with Crippen LogP contribution in [0.25, 0.3) is 0 Å². The zero-order valence-corrected chi connectivity index (χ0v) is 14.4. The van der Waals surface area contributed by atoms with Crippen LogP contribution in [0.4, 0.5) is 4.79 Å². The Bertz CT molecular complexity index is 433. The van der Waals surface area contributed by atoms with Crippen molar-refractivity contribution in [2.75, 3.05) is 33.4 Å². The maximum absolute atomic E-state index is 12.5. The minimum Gasteiger partial charge on any atom is -0.469 e. The summed E-state index contributed by atoms with van der Waals surface area (Å²) in [4.78, 5) is 25.6. The third-order valence-electron chi connectivity index (χ3n) is 4.39. The van der Waals surface area contributed by atoms with E-state index >= 15 is 0 Å². The monoisotopic (exact) mass is 344 g/mol. The average molecular weight is 344 g/mol. The average Bonchev–Trinajstić information content (AvgIpc) is 2.56. The van der Waals surface area contributed by atoms with Crippen LogP contribution in [0.3, 0.4) is 0 Å². The lowest BCUT2D eigenvalue weighted by atomic mass is 9.95. The number of nitrogens with zero attached hydrogens (tertiary/aromatic N) is 1. The molecule has 24 heavy (non-hydrogen) atoms. The molecule has 0 radical (unpaired) electrons. The first-order valence-electron chi connectivity index (χ1n) is 8.57. The van der Waals surface area contributed by atoms with Gasteiger partial charge in [0.25, 0.3) is 0 Å². The molecule has 0 spiro atoms. The van der Waals surface area contributed by atoms with Gasteiger partial charge < -0.3 is 29.5 Å². The number of ether oxygens (including phenoxy) is 3. The Morgan fingerprint density at radius 1 is 1.33 bits per heavy atom. The summed E-state index contributed by atoms with van der Waals surface area (Å²) in [6.07, 6.45) is 1.14. The normalized spacial score (nSPS) is 30.7. The highest BCUT2D eigenvalue weighted by Crippen LogP contribution is 2.27. The standard InChI is InChI=1S/C16H28N2O6/c1-3-6-17-16(21)18-8-11(19)9-23-10-14-13(18)5-4-12(24-14)7-15(20)22-2/h11-14,19H,3-10H2,1-2H3,(H,17,21)/t11-,12+,13+,14-/m1/s1. The number of rotatable bonds is 4. The Morgan fingerprint density at radius 3 is 2.83 bits per heavy atom. The van der Waals surface area contributed by atoms with Crippen molar-refractivity contribution in [2.24, 2.45) is 0 Å². The smallest absolute Gasteiger partial charge is 0.317 e. The summed E-state index contributed by atoms with van der Waals surface area (Å²) in [5, 5.41) is 12.9. The van der Waals surface area contributed by atoms with Gasteiger partial charge in [0.05, 0.1) is 51.5 Å². The van der Waals surface area contributed by atoms with Gasteiger partial charge in [-0.3, -0.25) is 4.79 Å². The minimum absolute atomic E-state index is 0.159. The fourth-order valence-electron chi connectivity index (χ4n) is 3.18. The summed E-state index contributed by atoms with van der Waals surface area (Å²) in [6, 6.07) is -0.367. The Morgan fingerprint density at radius 2 is 2.12 bits per heavy atom. The number of fused-ring (bicyclic) bond motifs is 1. The van der Waals surface area contributed by atoms with Crippen LogP contribution < -0.4 is 5.32 Å². The molecule has 8 nitrogen and oxygen atoms in total. The van der Waals surface area contributed by atoms with Gasteiger partial charge in [-0.1, -0.05) is 6.92 Å². The third kappa shape index (κ3) is 5.06. The molecule has 0 aliphatic carbocycles. The number of β-amino-alcohol motifs (C(OH)–C–C–N with tert-alkyl or cyclic N) is 1. The van der Waals surface area contributed by atoms with Gasteiger partial charge in [0.15, 0.2) is 0 Å². The van der Waals surface area contributed by atoms with Gasteiger partial charge in [-0.25, -0.2) is 4.79 Å². The number of esters is 1. The second kappa shape index (κ2) is 9.19. The Labute approximate surface area is 142 Å². The van der Waals surface area contributed by atoms with Crippen molar-refractivity contribution in [3.8, 4) is 0 Å². The number of amides is 2. The van der Waals surface area contributed by atoms with Crippen LogP contribution in [-0.2, 0) is 19.0 Å². The van der Waals surface area contributed by atoms with Crippen LogP contribution in [0.1, 0.15) is 32.6 Å². The number of aliphatic hydroxyl groups is 1. The van der Waals surface area contributed by atoms with E-state index in [2.05, 4.69) is 5.32 Å². The predicted octanol–water partition coefficient (Wildman–Crippen LogP) is 0.278. The maximum Gasteiger partial charge on any atom is 0.317 e. The molecule has 0 aromatic carbocycles. The molecule has 2 aliphatic heterocycles. The third-order valence-corrected chi connectivity index (χ3v) is 4.39. The zero-order valence-electron chi connectivity index (χ0n) is 14.4. The molecule has 0 aromatic rings. The molecule has 0 aromatic heterocycles. The summed E-state index contributed by atoms with van der Waals surface area (Å²) < 4.78 is 16.2.